The fraction of sp³-hybridized carbons (Fsp3) is 0.667. The molecule has 0 saturated carbocycles. The second kappa shape index (κ2) is 10.4. The number of aliphatic hydroxyl groups excluding tert-OH is 1. The number of carbonyl (C=O) groups is 5. The van der Waals surface area contributed by atoms with E-state index in [0.29, 0.717) is 12.8 Å². The van der Waals surface area contributed by atoms with Gasteiger partial charge in [0, 0.05) is 13.0 Å². The molecule has 3 unspecified atom stereocenters. The number of amides is 3. The molecule has 3 amide bonds. The lowest BCUT2D eigenvalue weighted by molar-refractivity contribution is -0.142. The van der Waals surface area contributed by atoms with Crippen molar-refractivity contribution < 1.29 is 39.3 Å². The van der Waals surface area contributed by atoms with E-state index in [1.807, 2.05) is 5.32 Å². The number of carboxylic acid groups (broad SMARTS) is 2. The zero-order valence-electron chi connectivity index (χ0n) is 14.6. The fourth-order valence-electron chi connectivity index (χ4n) is 2.67. The number of likely N-dealkylation sites (tertiary alicyclic amines) is 1. The molecule has 1 aliphatic rings. The average Bonchev–Trinajstić information content (AvgIpc) is 3.10. The topological polar surface area (TPSA) is 199 Å². The van der Waals surface area contributed by atoms with Crippen LogP contribution < -0.4 is 16.4 Å². The molecule has 1 heterocycles. The quantitative estimate of drug-likeness (QED) is 0.223. The Morgan fingerprint density at radius 3 is 2.37 bits per heavy atom. The molecule has 0 aromatic heterocycles. The van der Waals surface area contributed by atoms with Crippen LogP contribution in [0.5, 0.6) is 0 Å². The van der Waals surface area contributed by atoms with E-state index in [9.17, 15) is 29.1 Å². The molecule has 3 atom stereocenters. The third-order valence-electron chi connectivity index (χ3n) is 4.05. The Kier molecular flexibility index (Phi) is 8.62. The van der Waals surface area contributed by atoms with Gasteiger partial charge in [-0.1, -0.05) is 0 Å². The lowest BCUT2D eigenvalue weighted by Crippen LogP contribution is -2.56. The third kappa shape index (κ3) is 6.83. The molecule has 7 N–H and O–H groups in total. The van der Waals surface area contributed by atoms with Gasteiger partial charge < -0.3 is 36.6 Å². The molecule has 0 aliphatic carbocycles. The maximum Gasteiger partial charge on any atom is 0.322 e. The van der Waals surface area contributed by atoms with Crippen LogP contribution in [0.25, 0.3) is 0 Å². The molecule has 1 rings (SSSR count). The molecule has 12 nitrogen and oxygen atoms in total. The van der Waals surface area contributed by atoms with Crippen molar-refractivity contribution in [2.75, 3.05) is 19.7 Å². The van der Waals surface area contributed by atoms with Gasteiger partial charge in [-0.3, -0.25) is 24.0 Å². The third-order valence-corrected chi connectivity index (χ3v) is 4.05. The largest absolute Gasteiger partial charge is 0.481 e. The van der Waals surface area contributed by atoms with Crippen LogP contribution in [-0.4, -0.2) is 87.7 Å². The van der Waals surface area contributed by atoms with E-state index in [0.717, 1.165) is 0 Å². The first kappa shape index (κ1) is 22.3. The Hall–Kier alpha value is -2.73. The zero-order valence-corrected chi connectivity index (χ0v) is 14.6. The van der Waals surface area contributed by atoms with Gasteiger partial charge in [-0.2, -0.15) is 0 Å². The highest BCUT2D eigenvalue weighted by atomic mass is 16.4. The summed E-state index contributed by atoms with van der Waals surface area (Å²) >= 11 is 0. The summed E-state index contributed by atoms with van der Waals surface area (Å²) in [5.41, 5.74) is 5.71. The molecule has 12 heteroatoms. The predicted molar refractivity (Wildman–Crippen MR) is 89.2 cm³/mol. The molecular formula is C15H24N4O8. The molecule has 27 heavy (non-hydrogen) atoms. The number of nitrogens with zero attached hydrogens (tertiary/aromatic N) is 1. The minimum atomic E-state index is -1.37. The Bertz CT molecular complexity index is 596. The summed E-state index contributed by atoms with van der Waals surface area (Å²) in [5.74, 6) is -4.50. The van der Waals surface area contributed by atoms with Gasteiger partial charge in [0.15, 0.2) is 0 Å². The van der Waals surface area contributed by atoms with Crippen molar-refractivity contribution in [3.05, 3.63) is 0 Å². The van der Waals surface area contributed by atoms with E-state index in [1.165, 1.54) is 4.90 Å². The summed E-state index contributed by atoms with van der Waals surface area (Å²) in [5, 5.41) is 30.8. The first-order valence-corrected chi connectivity index (χ1v) is 8.36. The number of rotatable bonds is 10. The van der Waals surface area contributed by atoms with Crippen LogP contribution in [0.1, 0.15) is 25.7 Å². The van der Waals surface area contributed by atoms with Crippen molar-refractivity contribution in [1.82, 2.24) is 15.5 Å². The van der Waals surface area contributed by atoms with E-state index >= 15 is 0 Å². The highest BCUT2D eigenvalue weighted by Gasteiger charge is 2.37. The van der Waals surface area contributed by atoms with Crippen molar-refractivity contribution >= 4 is 29.7 Å². The zero-order chi connectivity index (χ0) is 20.6. The van der Waals surface area contributed by atoms with Gasteiger partial charge in [0.1, 0.15) is 18.6 Å². The molecule has 1 aliphatic heterocycles. The van der Waals surface area contributed by atoms with Crippen LogP contribution >= 0.6 is 0 Å². The molecule has 0 bridgehead atoms. The SMILES string of the molecule is NC(CCC(=O)O)C(=O)N1CCCC1C(=O)NC(CO)C(=O)NCC(=O)O. The van der Waals surface area contributed by atoms with E-state index in [-0.39, 0.29) is 19.4 Å². The van der Waals surface area contributed by atoms with E-state index in [4.69, 9.17) is 15.9 Å². The summed E-state index contributed by atoms with van der Waals surface area (Å²) in [6.07, 6.45) is 0.479. The molecular weight excluding hydrogens is 364 g/mol. The van der Waals surface area contributed by atoms with Gasteiger partial charge in [-0.05, 0) is 19.3 Å². The minimum Gasteiger partial charge on any atom is -0.481 e. The second-order valence-corrected chi connectivity index (χ2v) is 6.08. The lowest BCUT2D eigenvalue weighted by Gasteiger charge is -2.27. The van der Waals surface area contributed by atoms with Crippen molar-refractivity contribution in [3.8, 4) is 0 Å². The van der Waals surface area contributed by atoms with Crippen LogP contribution in [0.3, 0.4) is 0 Å². The Morgan fingerprint density at radius 2 is 1.81 bits per heavy atom. The monoisotopic (exact) mass is 388 g/mol. The maximum absolute atomic E-state index is 12.4. The summed E-state index contributed by atoms with van der Waals surface area (Å²) in [6, 6.07) is -3.34. The number of hydrogen-bond donors (Lipinski definition) is 6. The van der Waals surface area contributed by atoms with E-state index in [1.54, 1.807) is 0 Å². The number of carboxylic acids is 2. The maximum atomic E-state index is 12.4. The van der Waals surface area contributed by atoms with Gasteiger partial charge in [0.25, 0.3) is 0 Å². The number of nitrogens with two attached hydrogens (primary N) is 1. The van der Waals surface area contributed by atoms with Crippen molar-refractivity contribution in [3.63, 3.8) is 0 Å². The molecule has 0 aromatic carbocycles. The van der Waals surface area contributed by atoms with E-state index < -0.39 is 60.9 Å². The Labute approximate surface area is 154 Å². The summed E-state index contributed by atoms with van der Waals surface area (Å²) in [4.78, 5) is 58.9. The first-order chi connectivity index (χ1) is 12.7. The van der Waals surface area contributed by atoms with Gasteiger partial charge >= 0.3 is 11.9 Å². The predicted octanol–water partition coefficient (Wildman–Crippen LogP) is -3.15. The van der Waals surface area contributed by atoms with Gasteiger partial charge in [-0.15, -0.1) is 0 Å². The minimum absolute atomic E-state index is 0.0735. The van der Waals surface area contributed by atoms with Crippen LogP contribution in [0.4, 0.5) is 0 Å². The smallest absolute Gasteiger partial charge is 0.322 e. The number of aliphatic carboxylic acids is 2. The van der Waals surface area contributed by atoms with Gasteiger partial charge in [0.2, 0.25) is 17.7 Å². The van der Waals surface area contributed by atoms with Crippen LogP contribution in [0.15, 0.2) is 0 Å². The van der Waals surface area contributed by atoms with Crippen LogP contribution in [-0.2, 0) is 24.0 Å². The summed E-state index contributed by atoms with van der Waals surface area (Å²) in [7, 11) is 0. The van der Waals surface area contributed by atoms with Crippen molar-refractivity contribution in [2.24, 2.45) is 5.73 Å². The highest BCUT2D eigenvalue weighted by molar-refractivity contribution is 5.94. The molecule has 152 valence electrons. The lowest BCUT2D eigenvalue weighted by atomic mass is 10.1. The van der Waals surface area contributed by atoms with E-state index in [2.05, 4.69) is 5.32 Å². The second-order valence-electron chi connectivity index (χ2n) is 6.08. The molecule has 1 fully saturated rings. The number of aliphatic hydroxyl groups is 1. The molecule has 0 spiro atoms. The number of hydrogen-bond acceptors (Lipinski definition) is 7. The number of carbonyl (C=O) groups excluding carboxylic acids is 3. The first-order valence-electron chi connectivity index (χ1n) is 8.36. The van der Waals surface area contributed by atoms with Crippen LogP contribution in [0, 0.1) is 0 Å². The van der Waals surface area contributed by atoms with Gasteiger partial charge in [0.05, 0.1) is 12.6 Å². The van der Waals surface area contributed by atoms with Crippen molar-refractivity contribution in [2.45, 2.75) is 43.8 Å². The number of nitrogens with one attached hydrogen (secondary N) is 2. The average molecular weight is 388 g/mol. The molecule has 0 aromatic rings. The summed E-state index contributed by atoms with van der Waals surface area (Å²) < 4.78 is 0. The standard InChI is InChI=1S/C15H24N4O8/c16-8(3-4-11(21)22)15(27)19-5-1-2-10(19)14(26)18-9(7-20)13(25)17-6-12(23)24/h8-10,20H,1-7,16H2,(H,17,25)(H,18,26)(H,21,22)(H,23,24). The summed E-state index contributed by atoms with van der Waals surface area (Å²) in [6.45, 7) is -1.17. The molecule has 1 saturated heterocycles. The fourth-order valence-corrected chi connectivity index (χ4v) is 2.67. The molecule has 0 radical (unpaired) electrons. The van der Waals surface area contributed by atoms with Gasteiger partial charge in [-0.25, -0.2) is 0 Å². The van der Waals surface area contributed by atoms with Crippen molar-refractivity contribution in [1.29, 1.82) is 0 Å². The Morgan fingerprint density at radius 1 is 1.15 bits per heavy atom. The van der Waals surface area contributed by atoms with Crippen LogP contribution in [0.2, 0.25) is 0 Å². The normalized spacial score (nSPS) is 18.4. The Balaban J connectivity index is 2.68. The highest BCUT2D eigenvalue weighted by Crippen LogP contribution is 2.19.